The zero-order valence-corrected chi connectivity index (χ0v) is 14.3. The van der Waals surface area contributed by atoms with Crippen molar-refractivity contribution < 1.29 is 19.1 Å². The van der Waals surface area contributed by atoms with Crippen molar-refractivity contribution in [2.45, 2.75) is 39.3 Å². The van der Waals surface area contributed by atoms with Crippen LogP contribution in [0.25, 0.3) is 10.9 Å². The Kier molecular flexibility index (Phi) is 5.41. The Hall–Kier alpha value is -2.90. The van der Waals surface area contributed by atoms with Crippen LogP contribution in [-0.2, 0) is 25.6 Å². The Morgan fingerprint density at radius 2 is 1.80 bits per heavy atom. The van der Waals surface area contributed by atoms with E-state index in [0.29, 0.717) is 10.9 Å². The first-order chi connectivity index (χ1) is 11.7. The number of para-hydroxylation sites is 1. The Balaban J connectivity index is 2.01. The van der Waals surface area contributed by atoms with E-state index in [4.69, 9.17) is 9.47 Å². The topological polar surface area (TPSA) is 107 Å². The molecule has 0 amide bonds. The van der Waals surface area contributed by atoms with E-state index in [1.54, 1.807) is 45.0 Å². The number of ether oxygens (including phenoxy) is 2. The number of esters is 2. The summed E-state index contributed by atoms with van der Waals surface area (Å²) in [5.41, 5.74) is -1.32. The highest BCUT2D eigenvalue weighted by molar-refractivity contribution is 5.78. The summed E-state index contributed by atoms with van der Waals surface area (Å²) in [6, 6.07) is 6.59. The molecule has 1 aromatic heterocycles. The highest BCUT2D eigenvalue weighted by atomic mass is 16.6. The lowest BCUT2D eigenvalue weighted by Crippen LogP contribution is -2.31. The number of rotatable bonds is 5. The van der Waals surface area contributed by atoms with Gasteiger partial charge in [-0.05, 0) is 32.9 Å². The van der Waals surface area contributed by atoms with Crippen LogP contribution in [0.5, 0.6) is 0 Å². The van der Waals surface area contributed by atoms with E-state index in [2.05, 4.69) is 4.98 Å². The van der Waals surface area contributed by atoms with E-state index < -0.39 is 35.4 Å². The molecule has 0 aliphatic rings. The number of carbonyl (C=O) groups excluding carboxylic acids is 2. The summed E-state index contributed by atoms with van der Waals surface area (Å²) in [5, 5.41) is 0.351. The zero-order chi connectivity index (χ0) is 18.6. The van der Waals surface area contributed by atoms with E-state index in [1.807, 2.05) is 0 Å². The molecule has 1 heterocycles. The van der Waals surface area contributed by atoms with Gasteiger partial charge in [0.25, 0.3) is 5.56 Å². The molecule has 0 atom stereocenters. The monoisotopic (exact) mass is 348 g/mol. The number of carbonyl (C=O) groups is 2. The number of hydrogen-bond donors (Lipinski definition) is 1. The summed E-state index contributed by atoms with van der Waals surface area (Å²) in [5.74, 6) is -1.29. The number of nitrogens with one attached hydrogen (secondary N) is 1. The maximum atomic E-state index is 12.0. The maximum Gasteiger partial charge on any atom is 0.344 e. The van der Waals surface area contributed by atoms with Crippen LogP contribution in [0.4, 0.5) is 0 Å². The van der Waals surface area contributed by atoms with E-state index in [0.717, 1.165) is 0 Å². The Labute approximate surface area is 143 Å². The third-order valence-electron chi connectivity index (χ3n) is 3.22. The lowest BCUT2D eigenvalue weighted by atomic mass is 10.2. The molecule has 134 valence electrons. The van der Waals surface area contributed by atoms with Gasteiger partial charge < -0.3 is 9.47 Å². The third-order valence-corrected chi connectivity index (χ3v) is 3.22. The van der Waals surface area contributed by atoms with Crippen molar-refractivity contribution in [1.82, 2.24) is 9.55 Å². The van der Waals surface area contributed by atoms with Crippen molar-refractivity contribution in [2.75, 3.05) is 6.61 Å². The minimum Gasteiger partial charge on any atom is -0.457 e. The van der Waals surface area contributed by atoms with Crippen molar-refractivity contribution >= 4 is 22.8 Å². The average Bonchev–Trinajstić information content (AvgIpc) is 2.51. The highest BCUT2D eigenvalue weighted by Crippen LogP contribution is 2.08. The minimum absolute atomic E-state index is 0.0171. The van der Waals surface area contributed by atoms with Crippen LogP contribution in [-0.4, -0.2) is 33.7 Å². The van der Waals surface area contributed by atoms with Gasteiger partial charge in [-0.1, -0.05) is 12.1 Å². The zero-order valence-electron chi connectivity index (χ0n) is 14.3. The molecule has 2 aromatic rings. The quantitative estimate of drug-likeness (QED) is 0.807. The number of aromatic nitrogens is 2. The standard InChI is InChI=1S/C17H20N2O6/c1-17(2,3)25-14(21)10-24-13(20)8-9-19-12-7-5-4-6-11(12)15(22)18-16(19)23/h4-7H,8-10H2,1-3H3,(H,18,22,23). The summed E-state index contributed by atoms with van der Waals surface area (Å²) < 4.78 is 11.2. The van der Waals surface area contributed by atoms with Crippen LogP contribution >= 0.6 is 0 Å². The van der Waals surface area contributed by atoms with Crippen molar-refractivity contribution in [3.8, 4) is 0 Å². The normalized spacial score (nSPS) is 11.3. The van der Waals surface area contributed by atoms with Crippen molar-refractivity contribution in [3.63, 3.8) is 0 Å². The van der Waals surface area contributed by atoms with Crippen LogP contribution in [0.1, 0.15) is 27.2 Å². The molecule has 8 heteroatoms. The Bertz CT molecular complexity index is 904. The molecule has 25 heavy (non-hydrogen) atoms. The van der Waals surface area contributed by atoms with Gasteiger partial charge in [0.15, 0.2) is 6.61 Å². The number of aryl methyl sites for hydroxylation is 1. The van der Waals surface area contributed by atoms with Gasteiger partial charge in [0.1, 0.15) is 5.60 Å². The fourth-order valence-corrected chi connectivity index (χ4v) is 2.25. The van der Waals surface area contributed by atoms with Gasteiger partial charge in [-0.25, -0.2) is 9.59 Å². The molecule has 0 spiro atoms. The smallest absolute Gasteiger partial charge is 0.344 e. The Morgan fingerprint density at radius 3 is 2.48 bits per heavy atom. The molecule has 0 bridgehead atoms. The largest absolute Gasteiger partial charge is 0.457 e. The van der Waals surface area contributed by atoms with Gasteiger partial charge in [0.05, 0.1) is 17.3 Å². The number of hydrogen-bond acceptors (Lipinski definition) is 6. The second-order valence-electron chi connectivity index (χ2n) is 6.43. The summed E-state index contributed by atoms with van der Waals surface area (Å²) >= 11 is 0. The number of fused-ring (bicyclic) bond motifs is 1. The number of aromatic amines is 1. The summed E-state index contributed by atoms with van der Waals surface area (Å²) in [7, 11) is 0. The van der Waals surface area contributed by atoms with Gasteiger partial charge in [0, 0.05) is 6.54 Å². The predicted molar refractivity (Wildman–Crippen MR) is 90.2 cm³/mol. The average molecular weight is 348 g/mol. The fraction of sp³-hybridized carbons (Fsp3) is 0.412. The van der Waals surface area contributed by atoms with Crippen molar-refractivity contribution in [1.29, 1.82) is 0 Å². The second-order valence-corrected chi connectivity index (χ2v) is 6.43. The van der Waals surface area contributed by atoms with Crippen LogP contribution in [0, 0.1) is 0 Å². The molecule has 2 rings (SSSR count). The Morgan fingerprint density at radius 1 is 1.12 bits per heavy atom. The molecule has 8 nitrogen and oxygen atoms in total. The molecule has 0 aliphatic carbocycles. The van der Waals surface area contributed by atoms with Crippen LogP contribution < -0.4 is 11.2 Å². The predicted octanol–water partition coefficient (Wildman–Crippen LogP) is 0.965. The summed E-state index contributed by atoms with van der Waals surface area (Å²) in [6.07, 6.45) is -0.126. The molecule has 1 aromatic carbocycles. The number of H-pyrrole nitrogens is 1. The SMILES string of the molecule is CC(C)(C)OC(=O)COC(=O)CCn1c(=O)[nH]c(=O)c2ccccc21. The third kappa shape index (κ3) is 5.03. The summed E-state index contributed by atoms with van der Waals surface area (Å²) in [4.78, 5) is 49.2. The molecular weight excluding hydrogens is 328 g/mol. The van der Waals surface area contributed by atoms with Gasteiger partial charge in [-0.15, -0.1) is 0 Å². The lowest BCUT2D eigenvalue weighted by molar-refractivity contribution is -0.166. The molecule has 1 N–H and O–H groups in total. The maximum absolute atomic E-state index is 12.0. The van der Waals surface area contributed by atoms with Crippen LogP contribution in [0.2, 0.25) is 0 Å². The highest BCUT2D eigenvalue weighted by Gasteiger charge is 2.18. The molecule has 0 unspecified atom stereocenters. The van der Waals surface area contributed by atoms with Crippen molar-refractivity contribution in [2.24, 2.45) is 0 Å². The fourth-order valence-electron chi connectivity index (χ4n) is 2.25. The lowest BCUT2D eigenvalue weighted by Gasteiger charge is -2.19. The second kappa shape index (κ2) is 7.33. The van der Waals surface area contributed by atoms with E-state index in [-0.39, 0.29) is 13.0 Å². The van der Waals surface area contributed by atoms with Crippen LogP contribution in [0.3, 0.4) is 0 Å². The molecule has 0 saturated heterocycles. The van der Waals surface area contributed by atoms with E-state index in [1.165, 1.54) is 4.57 Å². The molecule has 0 radical (unpaired) electrons. The van der Waals surface area contributed by atoms with E-state index >= 15 is 0 Å². The van der Waals surface area contributed by atoms with Crippen molar-refractivity contribution in [3.05, 3.63) is 45.1 Å². The minimum atomic E-state index is -0.661. The van der Waals surface area contributed by atoms with Gasteiger partial charge in [0.2, 0.25) is 0 Å². The first-order valence-electron chi connectivity index (χ1n) is 7.77. The molecular formula is C17H20N2O6. The van der Waals surface area contributed by atoms with Gasteiger partial charge >= 0.3 is 17.6 Å². The summed E-state index contributed by atoms with van der Waals surface area (Å²) in [6.45, 7) is 4.65. The number of nitrogens with zero attached hydrogens (tertiary/aromatic N) is 1. The molecule has 0 fully saturated rings. The first-order valence-corrected chi connectivity index (χ1v) is 7.77. The van der Waals surface area contributed by atoms with Gasteiger partial charge in [-0.2, -0.15) is 0 Å². The van der Waals surface area contributed by atoms with E-state index in [9.17, 15) is 19.2 Å². The molecule has 0 aliphatic heterocycles. The molecule has 0 saturated carbocycles. The van der Waals surface area contributed by atoms with Gasteiger partial charge in [-0.3, -0.25) is 19.1 Å². The number of benzene rings is 1. The van der Waals surface area contributed by atoms with Crippen LogP contribution in [0.15, 0.2) is 33.9 Å². The first kappa shape index (κ1) is 18.4.